The molecule has 0 unspecified atom stereocenters. The predicted molar refractivity (Wildman–Crippen MR) is 46.9 cm³/mol. The summed E-state index contributed by atoms with van der Waals surface area (Å²) in [5.41, 5.74) is 0.287. The quantitative estimate of drug-likeness (QED) is 0.552. The number of terminal acetylenes is 1. The Bertz CT molecular complexity index is 328. The van der Waals surface area contributed by atoms with Gasteiger partial charge in [0.15, 0.2) is 11.6 Å². The third-order valence-corrected chi connectivity index (χ3v) is 1.57. The summed E-state index contributed by atoms with van der Waals surface area (Å²) in [7, 11) is 0. The van der Waals surface area contributed by atoms with Crippen LogP contribution in [0.4, 0.5) is 8.78 Å². The Balaban J connectivity index is 2.67. The second kappa shape index (κ2) is 4.58. The molecule has 0 radical (unpaired) electrons. The zero-order chi connectivity index (χ0) is 9.68. The highest BCUT2D eigenvalue weighted by atomic mass is 19.2. The maximum absolute atomic E-state index is 13.0. The fourth-order valence-electron chi connectivity index (χ4n) is 0.954. The van der Waals surface area contributed by atoms with Gasteiger partial charge in [0.1, 0.15) is 0 Å². The van der Waals surface area contributed by atoms with Gasteiger partial charge in [-0.05, 0) is 6.07 Å². The Kier molecular flexibility index (Phi) is 3.41. The van der Waals surface area contributed by atoms with E-state index in [0.717, 1.165) is 6.07 Å². The Morgan fingerprint density at radius 1 is 1.38 bits per heavy atom. The van der Waals surface area contributed by atoms with Gasteiger partial charge in [0.25, 0.3) is 0 Å². The fourth-order valence-corrected chi connectivity index (χ4v) is 0.954. The smallest absolute Gasteiger partial charge is 0.163 e. The molecule has 0 saturated heterocycles. The summed E-state index contributed by atoms with van der Waals surface area (Å²) in [5.74, 6) is 0.698. The summed E-state index contributed by atoms with van der Waals surface area (Å²) in [6.07, 6.45) is 4.98. The summed E-state index contributed by atoms with van der Waals surface area (Å²) in [5, 5.41) is 2.78. The normalized spacial score (nSPS) is 9.62. The number of nitrogens with one attached hydrogen (secondary N) is 1. The first-order chi connectivity index (χ1) is 6.25. The van der Waals surface area contributed by atoms with Crippen LogP contribution in [0.25, 0.3) is 0 Å². The zero-order valence-corrected chi connectivity index (χ0v) is 6.98. The van der Waals surface area contributed by atoms with Crippen LogP contribution in [0.15, 0.2) is 18.2 Å². The highest BCUT2D eigenvalue weighted by Crippen LogP contribution is 2.10. The lowest BCUT2D eigenvalue weighted by Crippen LogP contribution is -2.14. The third-order valence-electron chi connectivity index (χ3n) is 1.57. The first-order valence-corrected chi connectivity index (χ1v) is 3.82. The first-order valence-electron chi connectivity index (χ1n) is 3.82. The second-order valence-electron chi connectivity index (χ2n) is 2.52. The van der Waals surface area contributed by atoms with Gasteiger partial charge >= 0.3 is 0 Å². The van der Waals surface area contributed by atoms with Crippen molar-refractivity contribution in [2.75, 3.05) is 6.54 Å². The van der Waals surface area contributed by atoms with Crippen molar-refractivity contribution in [2.45, 2.75) is 6.54 Å². The van der Waals surface area contributed by atoms with Crippen LogP contribution in [0.5, 0.6) is 0 Å². The monoisotopic (exact) mass is 181 g/mol. The largest absolute Gasteiger partial charge is 0.302 e. The lowest BCUT2D eigenvalue weighted by atomic mass is 10.2. The van der Waals surface area contributed by atoms with E-state index in [1.807, 2.05) is 0 Å². The number of halogens is 2. The topological polar surface area (TPSA) is 12.0 Å². The summed E-state index contributed by atoms with van der Waals surface area (Å²) >= 11 is 0. The van der Waals surface area contributed by atoms with Crippen LogP contribution in [0.3, 0.4) is 0 Å². The van der Waals surface area contributed by atoms with Crippen LogP contribution >= 0.6 is 0 Å². The van der Waals surface area contributed by atoms with Crippen molar-refractivity contribution >= 4 is 0 Å². The van der Waals surface area contributed by atoms with E-state index in [1.54, 1.807) is 0 Å². The molecule has 0 aliphatic carbocycles. The van der Waals surface area contributed by atoms with Gasteiger partial charge < -0.3 is 5.32 Å². The third kappa shape index (κ3) is 2.53. The molecule has 0 spiro atoms. The van der Waals surface area contributed by atoms with Crippen LogP contribution in [-0.2, 0) is 6.54 Å². The minimum absolute atomic E-state index is 0.244. The van der Waals surface area contributed by atoms with E-state index in [2.05, 4.69) is 11.2 Å². The highest BCUT2D eigenvalue weighted by Gasteiger charge is 2.05. The highest BCUT2D eigenvalue weighted by molar-refractivity contribution is 5.18. The van der Waals surface area contributed by atoms with E-state index in [1.165, 1.54) is 12.1 Å². The molecule has 0 bridgehead atoms. The number of hydrogen-bond donors (Lipinski definition) is 1. The van der Waals surface area contributed by atoms with Gasteiger partial charge in [0.2, 0.25) is 0 Å². The maximum Gasteiger partial charge on any atom is 0.163 e. The molecule has 1 nitrogen and oxygen atoms in total. The van der Waals surface area contributed by atoms with Crippen molar-refractivity contribution in [2.24, 2.45) is 0 Å². The molecule has 0 heterocycles. The van der Waals surface area contributed by atoms with Gasteiger partial charge in [-0.25, -0.2) is 8.78 Å². The maximum atomic E-state index is 13.0. The predicted octanol–water partition coefficient (Wildman–Crippen LogP) is 1.69. The molecule has 1 aromatic rings. The molecule has 3 heteroatoms. The number of rotatable bonds is 3. The van der Waals surface area contributed by atoms with Crippen LogP contribution in [0.1, 0.15) is 5.56 Å². The van der Waals surface area contributed by atoms with Crippen molar-refractivity contribution < 1.29 is 8.78 Å². The average Bonchev–Trinajstić information content (AvgIpc) is 2.13. The van der Waals surface area contributed by atoms with Gasteiger partial charge in [-0.15, -0.1) is 6.42 Å². The van der Waals surface area contributed by atoms with Crippen LogP contribution in [-0.4, -0.2) is 6.54 Å². The number of hydrogen-bond acceptors (Lipinski definition) is 1. The molecular formula is C10H9F2N. The van der Waals surface area contributed by atoms with Crippen molar-refractivity contribution in [3.63, 3.8) is 0 Å². The summed E-state index contributed by atoms with van der Waals surface area (Å²) in [6, 6.07) is 4.06. The molecule has 1 rings (SSSR count). The Morgan fingerprint density at radius 3 is 2.85 bits per heavy atom. The summed E-state index contributed by atoms with van der Waals surface area (Å²) in [6.45, 7) is 0.587. The van der Waals surface area contributed by atoms with E-state index >= 15 is 0 Å². The van der Waals surface area contributed by atoms with Crippen LogP contribution < -0.4 is 5.32 Å². The Labute approximate surface area is 75.8 Å². The molecular weight excluding hydrogens is 172 g/mol. The van der Waals surface area contributed by atoms with E-state index in [9.17, 15) is 8.78 Å². The van der Waals surface area contributed by atoms with Crippen molar-refractivity contribution in [3.05, 3.63) is 35.4 Å². The van der Waals surface area contributed by atoms with Crippen LogP contribution in [0.2, 0.25) is 0 Å². The molecule has 0 saturated carbocycles. The summed E-state index contributed by atoms with van der Waals surface area (Å²) < 4.78 is 25.6. The molecule has 0 fully saturated rings. The fraction of sp³-hybridized carbons (Fsp3) is 0.200. The lowest BCUT2D eigenvalue weighted by molar-refractivity contribution is 0.495. The van der Waals surface area contributed by atoms with Gasteiger partial charge in [0, 0.05) is 12.1 Å². The molecule has 0 amide bonds. The van der Waals surface area contributed by atoms with Crippen molar-refractivity contribution in [1.29, 1.82) is 0 Å². The molecule has 0 atom stereocenters. The van der Waals surface area contributed by atoms with Crippen molar-refractivity contribution in [1.82, 2.24) is 5.32 Å². The number of benzene rings is 1. The molecule has 13 heavy (non-hydrogen) atoms. The standard InChI is InChI=1S/C10H9F2N/c1-2-6-13-7-8-4-3-5-9(11)10(8)12/h1,3-5,13H,6-7H2. The van der Waals surface area contributed by atoms with E-state index < -0.39 is 11.6 Å². The minimum atomic E-state index is -0.833. The van der Waals surface area contributed by atoms with Gasteiger partial charge in [-0.3, -0.25) is 0 Å². The Hall–Kier alpha value is -1.40. The minimum Gasteiger partial charge on any atom is -0.302 e. The molecule has 1 N–H and O–H groups in total. The van der Waals surface area contributed by atoms with Crippen molar-refractivity contribution in [3.8, 4) is 12.3 Å². The molecule has 0 aliphatic heterocycles. The van der Waals surface area contributed by atoms with Gasteiger partial charge in [-0.2, -0.15) is 0 Å². The van der Waals surface area contributed by atoms with E-state index in [4.69, 9.17) is 6.42 Å². The zero-order valence-electron chi connectivity index (χ0n) is 6.98. The van der Waals surface area contributed by atoms with Gasteiger partial charge in [-0.1, -0.05) is 18.1 Å². The molecule has 0 aromatic heterocycles. The average molecular weight is 181 g/mol. The second-order valence-corrected chi connectivity index (χ2v) is 2.52. The molecule has 0 aliphatic rings. The molecule has 1 aromatic carbocycles. The molecule has 68 valence electrons. The summed E-state index contributed by atoms with van der Waals surface area (Å²) in [4.78, 5) is 0. The van der Waals surface area contributed by atoms with E-state index in [-0.39, 0.29) is 12.1 Å². The lowest BCUT2D eigenvalue weighted by Gasteiger charge is -2.03. The van der Waals surface area contributed by atoms with Gasteiger partial charge in [0.05, 0.1) is 6.54 Å². The first kappa shape index (κ1) is 9.69. The SMILES string of the molecule is C#CCNCc1cccc(F)c1F. The van der Waals surface area contributed by atoms with Crippen LogP contribution in [0, 0.1) is 24.0 Å². The van der Waals surface area contributed by atoms with E-state index in [0.29, 0.717) is 6.54 Å². The Morgan fingerprint density at radius 2 is 2.15 bits per heavy atom.